The van der Waals surface area contributed by atoms with E-state index in [9.17, 15) is 9.90 Å². The molecule has 0 fully saturated rings. The van der Waals surface area contributed by atoms with Crippen molar-refractivity contribution in [1.82, 2.24) is 0 Å². The van der Waals surface area contributed by atoms with Gasteiger partial charge in [-0.3, -0.25) is 0 Å². The molecule has 0 aliphatic heterocycles. The molecule has 0 radical (unpaired) electrons. The minimum absolute atomic E-state index is 0.109. The number of rotatable bonds is 3. The SMILES string of the molecule is Nc1ccc2oc(C(=O)OCc3ccc(O)cc3)cc2c1. The summed E-state index contributed by atoms with van der Waals surface area (Å²) in [6, 6.07) is 13.2. The van der Waals surface area contributed by atoms with Crippen molar-refractivity contribution in [3.8, 4) is 5.75 Å². The van der Waals surface area contributed by atoms with Crippen LogP contribution in [0.5, 0.6) is 5.75 Å². The lowest BCUT2D eigenvalue weighted by atomic mass is 10.2. The lowest BCUT2D eigenvalue weighted by Crippen LogP contribution is -2.03. The van der Waals surface area contributed by atoms with Crippen LogP contribution in [0.2, 0.25) is 0 Å². The van der Waals surface area contributed by atoms with Crippen molar-refractivity contribution < 1.29 is 19.1 Å². The topological polar surface area (TPSA) is 85.7 Å². The summed E-state index contributed by atoms with van der Waals surface area (Å²) in [5.74, 6) is -0.243. The van der Waals surface area contributed by atoms with Gasteiger partial charge < -0.3 is 20.0 Å². The second kappa shape index (κ2) is 5.20. The molecule has 0 saturated heterocycles. The van der Waals surface area contributed by atoms with Crippen molar-refractivity contribution in [2.75, 3.05) is 5.73 Å². The molecule has 1 heterocycles. The van der Waals surface area contributed by atoms with Crippen LogP contribution >= 0.6 is 0 Å². The number of benzene rings is 2. The lowest BCUT2D eigenvalue weighted by Gasteiger charge is -2.02. The van der Waals surface area contributed by atoms with Crippen LogP contribution in [-0.4, -0.2) is 11.1 Å². The molecule has 5 nitrogen and oxygen atoms in total. The largest absolute Gasteiger partial charge is 0.508 e. The zero-order valence-electron chi connectivity index (χ0n) is 11.1. The summed E-state index contributed by atoms with van der Waals surface area (Å²) in [7, 11) is 0. The number of furan rings is 1. The zero-order valence-corrected chi connectivity index (χ0v) is 11.1. The average molecular weight is 283 g/mol. The van der Waals surface area contributed by atoms with Gasteiger partial charge in [0, 0.05) is 11.1 Å². The number of fused-ring (bicyclic) bond motifs is 1. The van der Waals surface area contributed by atoms with E-state index in [-0.39, 0.29) is 18.1 Å². The Morgan fingerprint density at radius 3 is 2.67 bits per heavy atom. The number of ether oxygens (including phenoxy) is 1. The molecule has 106 valence electrons. The van der Waals surface area contributed by atoms with Crippen molar-refractivity contribution in [2.45, 2.75) is 6.61 Å². The minimum atomic E-state index is -0.544. The van der Waals surface area contributed by atoms with Crippen LogP contribution in [0.4, 0.5) is 5.69 Å². The number of phenols is 1. The molecule has 0 amide bonds. The number of anilines is 1. The van der Waals surface area contributed by atoms with Crippen LogP contribution in [0.1, 0.15) is 16.1 Å². The average Bonchev–Trinajstić information content (AvgIpc) is 2.89. The molecule has 0 atom stereocenters. The van der Waals surface area contributed by atoms with Crippen molar-refractivity contribution in [1.29, 1.82) is 0 Å². The first-order valence-corrected chi connectivity index (χ1v) is 6.36. The predicted octanol–water partition coefficient (Wildman–Crippen LogP) is 3.08. The first kappa shape index (κ1) is 13.1. The fraction of sp³-hybridized carbons (Fsp3) is 0.0625. The third-order valence-corrected chi connectivity index (χ3v) is 3.05. The molecule has 0 spiro atoms. The minimum Gasteiger partial charge on any atom is -0.508 e. The van der Waals surface area contributed by atoms with Gasteiger partial charge in [-0.25, -0.2) is 4.79 Å². The summed E-state index contributed by atoms with van der Waals surface area (Å²) >= 11 is 0. The van der Waals surface area contributed by atoms with E-state index in [1.54, 1.807) is 36.4 Å². The number of aromatic hydroxyl groups is 1. The molecule has 0 bridgehead atoms. The Bertz CT molecular complexity index is 790. The molecule has 0 unspecified atom stereocenters. The Morgan fingerprint density at radius 2 is 1.90 bits per heavy atom. The first-order valence-electron chi connectivity index (χ1n) is 6.36. The molecular formula is C16H13NO4. The molecule has 3 N–H and O–H groups in total. The van der Waals surface area contributed by atoms with E-state index < -0.39 is 5.97 Å². The van der Waals surface area contributed by atoms with Gasteiger partial charge in [0.05, 0.1) is 0 Å². The van der Waals surface area contributed by atoms with Gasteiger partial charge in [0.15, 0.2) is 0 Å². The quantitative estimate of drug-likeness (QED) is 0.570. The highest BCUT2D eigenvalue weighted by molar-refractivity contribution is 5.93. The van der Waals surface area contributed by atoms with Crippen LogP contribution in [0.25, 0.3) is 11.0 Å². The van der Waals surface area contributed by atoms with Crippen molar-refractivity contribution in [3.05, 3.63) is 59.9 Å². The number of phenolic OH excluding ortho intramolecular Hbond substituents is 1. The summed E-state index contributed by atoms with van der Waals surface area (Å²) in [5.41, 5.74) is 7.65. The lowest BCUT2D eigenvalue weighted by molar-refractivity contribution is 0.0439. The Balaban J connectivity index is 1.73. The molecule has 3 rings (SSSR count). The van der Waals surface area contributed by atoms with Crippen LogP contribution < -0.4 is 5.73 Å². The van der Waals surface area contributed by atoms with Gasteiger partial charge in [0.25, 0.3) is 0 Å². The van der Waals surface area contributed by atoms with E-state index in [0.717, 1.165) is 10.9 Å². The third kappa shape index (κ3) is 2.81. The first-order chi connectivity index (χ1) is 10.1. The van der Waals surface area contributed by atoms with E-state index in [2.05, 4.69) is 0 Å². The smallest absolute Gasteiger partial charge is 0.374 e. The van der Waals surface area contributed by atoms with Crippen LogP contribution in [0.15, 0.2) is 52.9 Å². The number of nitrogens with two attached hydrogens (primary N) is 1. The van der Waals surface area contributed by atoms with Crippen LogP contribution in [0, 0.1) is 0 Å². The van der Waals surface area contributed by atoms with Gasteiger partial charge in [0.2, 0.25) is 5.76 Å². The summed E-state index contributed by atoms with van der Waals surface area (Å²) in [6.07, 6.45) is 0. The van der Waals surface area contributed by atoms with E-state index in [4.69, 9.17) is 14.9 Å². The number of esters is 1. The van der Waals surface area contributed by atoms with Gasteiger partial charge in [-0.1, -0.05) is 12.1 Å². The van der Waals surface area contributed by atoms with Gasteiger partial charge in [-0.05, 0) is 42.0 Å². The van der Waals surface area contributed by atoms with E-state index >= 15 is 0 Å². The van der Waals surface area contributed by atoms with Gasteiger partial charge in [0.1, 0.15) is 17.9 Å². The van der Waals surface area contributed by atoms with Gasteiger partial charge in [-0.2, -0.15) is 0 Å². The second-order valence-corrected chi connectivity index (χ2v) is 4.65. The second-order valence-electron chi connectivity index (χ2n) is 4.65. The molecule has 21 heavy (non-hydrogen) atoms. The van der Waals surface area contributed by atoms with Crippen LogP contribution in [-0.2, 0) is 11.3 Å². The Morgan fingerprint density at radius 1 is 1.14 bits per heavy atom. The molecule has 0 saturated carbocycles. The molecule has 1 aromatic heterocycles. The summed E-state index contributed by atoms with van der Waals surface area (Å²) in [5, 5.41) is 9.94. The van der Waals surface area contributed by atoms with Crippen molar-refractivity contribution in [2.24, 2.45) is 0 Å². The molecule has 5 heteroatoms. The van der Waals surface area contributed by atoms with E-state index in [1.807, 2.05) is 0 Å². The van der Waals surface area contributed by atoms with Crippen molar-refractivity contribution in [3.63, 3.8) is 0 Å². The predicted molar refractivity (Wildman–Crippen MR) is 77.9 cm³/mol. The maximum atomic E-state index is 11.9. The molecular weight excluding hydrogens is 270 g/mol. The van der Waals surface area contributed by atoms with E-state index in [0.29, 0.717) is 11.3 Å². The maximum Gasteiger partial charge on any atom is 0.374 e. The Labute approximate surface area is 120 Å². The molecule has 0 aliphatic rings. The monoisotopic (exact) mass is 283 g/mol. The summed E-state index contributed by atoms with van der Waals surface area (Å²) in [6.45, 7) is 0.109. The van der Waals surface area contributed by atoms with Crippen LogP contribution in [0.3, 0.4) is 0 Å². The fourth-order valence-electron chi connectivity index (χ4n) is 1.97. The number of hydrogen-bond donors (Lipinski definition) is 2. The van der Waals surface area contributed by atoms with Crippen molar-refractivity contribution >= 4 is 22.6 Å². The zero-order chi connectivity index (χ0) is 14.8. The Hall–Kier alpha value is -2.95. The summed E-state index contributed by atoms with van der Waals surface area (Å²) < 4.78 is 10.6. The third-order valence-electron chi connectivity index (χ3n) is 3.05. The standard InChI is InChI=1S/C16H13NO4/c17-12-3-6-14-11(7-12)8-15(21-14)16(19)20-9-10-1-4-13(18)5-2-10/h1-8,18H,9,17H2. The van der Waals surface area contributed by atoms with Gasteiger partial charge >= 0.3 is 5.97 Å². The van der Waals surface area contributed by atoms with E-state index in [1.165, 1.54) is 12.1 Å². The Kier molecular flexibility index (Phi) is 3.23. The summed E-state index contributed by atoms with van der Waals surface area (Å²) in [4.78, 5) is 11.9. The fourth-order valence-corrected chi connectivity index (χ4v) is 1.97. The number of hydrogen-bond acceptors (Lipinski definition) is 5. The highest BCUT2D eigenvalue weighted by atomic mass is 16.5. The molecule has 3 aromatic rings. The maximum absolute atomic E-state index is 11.9. The number of carbonyl (C=O) groups excluding carboxylic acids is 1. The highest BCUT2D eigenvalue weighted by Crippen LogP contribution is 2.22. The molecule has 2 aromatic carbocycles. The number of nitrogen functional groups attached to an aromatic ring is 1. The highest BCUT2D eigenvalue weighted by Gasteiger charge is 2.14. The van der Waals surface area contributed by atoms with Gasteiger partial charge in [-0.15, -0.1) is 0 Å². The molecule has 0 aliphatic carbocycles. The number of carbonyl (C=O) groups is 1. The normalized spacial score (nSPS) is 10.7.